The maximum absolute atomic E-state index is 12.6. The monoisotopic (exact) mass is 346 g/mol. The molecule has 4 nitrogen and oxygen atoms in total. The van der Waals surface area contributed by atoms with Gasteiger partial charge in [0.15, 0.2) is 0 Å². The first kappa shape index (κ1) is 16.4. The fourth-order valence-corrected chi connectivity index (χ4v) is 4.16. The average molecular weight is 347 g/mol. The molecule has 1 aromatic rings. The van der Waals surface area contributed by atoms with Gasteiger partial charge in [-0.2, -0.15) is 4.31 Å². The second-order valence-electron chi connectivity index (χ2n) is 4.36. The van der Waals surface area contributed by atoms with Gasteiger partial charge in [0.1, 0.15) is 0 Å². The highest BCUT2D eigenvalue weighted by Crippen LogP contribution is 2.26. The van der Waals surface area contributed by atoms with Gasteiger partial charge in [-0.15, -0.1) is 0 Å². The number of hydrogen-bond donors (Lipinski definition) is 1. The van der Waals surface area contributed by atoms with Crippen LogP contribution < -0.4 is 5.73 Å². The van der Waals surface area contributed by atoms with Crippen molar-refractivity contribution < 1.29 is 8.42 Å². The minimum absolute atomic E-state index is 0.249. The normalized spacial score (nSPS) is 11.8. The zero-order valence-electron chi connectivity index (χ0n) is 11.2. The van der Waals surface area contributed by atoms with Gasteiger partial charge in [-0.25, -0.2) is 8.42 Å². The fourth-order valence-electron chi connectivity index (χ4n) is 1.68. The number of nitrogens with zero attached hydrogens (tertiary/aromatic N) is 1. The van der Waals surface area contributed by atoms with Gasteiger partial charge in [-0.3, -0.25) is 0 Å². The van der Waals surface area contributed by atoms with Crippen LogP contribution in [-0.2, 0) is 16.6 Å². The lowest BCUT2D eigenvalue weighted by Gasteiger charge is -2.21. The van der Waals surface area contributed by atoms with Crippen LogP contribution in [0.15, 0.2) is 39.7 Å². The summed E-state index contributed by atoms with van der Waals surface area (Å²) in [6, 6.07) is 5.13. The predicted octanol–water partition coefficient (Wildman–Crippen LogP) is 2.49. The predicted molar refractivity (Wildman–Crippen MR) is 81.3 cm³/mol. The Balaban J connectivity index is 3.28. The minimum Gasteiger partial charge on any atom is -0.326 e. The third-order valence-corrected chi connectivity index (χ3v) is 5.56. The van der Waals surface area contributed by atoms with Crippen molar-refractivity contribution in [3.8, 4) is 0 Å². The van der Waals surface area contributed by atoms with E-state index >= 15 is 0 Å². The smallest absolute Gasteiger partial charge is 0.244 e. The van der Waals surface area contributed by atoms with Gasteiger partial charge in [-0.1, -0.05) is 25.1 Å². The first-order valence-corrected chi connectivity index (χ1v) is 8.19. The molecule has 0 bridgehead atoms. The van der Waals surface area contributed by atoms with E-state index in [-0.39, 0.29) is 4.90 Å². The molecule has 0 unspecified atom stereocenters. The van der Waals surface area contributed by atoms with Crippen molar-refractivity contribution in [1.29, 1.82) is 0 Å². The van der Waals surface area contributed by atoms with Gasteiger partial charge in [0.25, 0.3) is 0 Å². The van der Waals surface area contributed by atoms with Crippen LogP contribution in [0.5, 0.6) is 0 Å². The zero-order valence-corrected chi connectivity index (χ0v) is 13.6. The lowest BCUT2D eigenvalue weighted by molar-refractivity contribution is 0.452. The van der Waals surface area contributed by atoms with Crippen LogP contribution in [0.3, 0.4) is 0 Å². The molecule has 0 atom stereocenters. The van der Waals surface area contributed by atoms with Gasteiger partial charge >= 0.3 is 0 Å². The second-order valence-corrected chi connectivity index (χ2v) is 7.12. The molecule has 0 radical (unpaired) electrons. The summed E-state index contributed by atoms with van der Waals surface area (Å²) < 4.78 is 27.1. The lowest BCUT2D eigenvalue weighted by atomic mass is 10.2. The van der Waals surface area contributed by atoms with Crippen molar-refractivity contribution in [3.05, 3.63) is 40.4 Å². The molecular formula is C13H19BrN2O2S. The van der Waals surface area contributed by atoms with E-state index in [4.69, 9.17) is 5.73 Å². The Morgan fingerprint density at radius 1 is 1.47 bits per heavy atom. The molecule has 0 spiro atoms. The van der Waals surface area contributed by atoms with Crippen LogP contribution in [0.1, 0.15) is 19.4 Å². The van der Waals surface area contributed by atoms with Gasteiger partial charge < -0.3 is 5.73 Å². The summed E-state index contributed by atoms with van der Waals surface area (Å²) in [6.45, 7) is 8.41. The lowest BCUT2D eigenvalue weighted by Crippen LogP contribution is -2.32. The largest absolute Gasteiger partial charge is 0.326 e. The number of likely N-dealkylation sites (N-methyl/N-ethyl adjacent to an activating group) is 1. The number of nitrogens with two attached hydrogens (primary N) is 1. The summed E-state index contributed by atoms with van der Waals surface area (Å²) in [5.74, 6) is 0. The number of benzene rings is 1. The van der Waals surface area contributed by atoms with Crippen molar-refractivity contribution in [1.82, 2.24) is 4.31 Å². The zero-order chi connectivity index (χ0) is 14.6. The minimum atomic E-state index is -3.54. The van der Waals surface area contributed by atoms with Crippen molar-refractivity contribution in [2.45, 2.75) is 25.3 Å². The van der Waals surface area contributed by atoms with E-state index in [2.05, 4.69) is 22.5 Å². The standard InChI is InChI=1S/C13H19BrN2O2S/c1-4-16(9-10(2)3)19(17,18)13-7-11(8-15)5-6-12(13)14/h5-7H,2,4,8-9,15H2,1,3H3. The second kappa shape index (κ2) is 6.65. The SMILES string of the molecule is C=C(C)CN(CC)S(=O)(=O)c1cc(CN)ccc1Br. The van der Waals surface area contributed by atoms with Gasteiger partial charge in [0.2, 0.25) is 10.0 Å². The first-order valence-electron chi connectivity index (χ1n) is 5.96. The van der Waals surface area contributed by atoms with E-state index in [1.54, 1.807) is 25.1 Å². The molecule has 0 heterocycles. The Bertz CT molecular complexity index is 570. The summed E-state index contributed by atoms with van der Waals surface area (Å²) in [6.07, 6.45) is 0. The van der Waals surface area contributed by atoms with Crippen LogP contribution in [0.4, 0.5) is 0 Å². The van der Waals surface area contributed by atoms with E-state index in [1.807, 2.05) is 6.92 Å². The highest BCUT2D eigenvalue weighted by Gasteiger charge is 2.25. The number of sulfonamides is 1. The molecule has 0 saturated carbocycles. The maximum Gasteiger partial charge on any atom is 0.244 e. The molecule has 0 amide bonds. The van der Waals surface area contributed by atoms with E-state index in [0.29, 0.717) is 24.1 Å². The Morgan fingerprint density at radius 3 is 2.58 bits per heavy atom. The summed E-state index contributed by atoms with van der Waals surface area (Å²) in [5.41, 5.74) is 7.15. The van der Waals surface area contributed by atoms with Gasteiger partial charge in [0.05, 0.1) is 4.90 Å². The van der Waals surface area contributed by atoms with Crippen molar-refractivity contribution >= 4 is 26.0 Å². The Morgan fingerprint density at radius 2 is 2.11 bits per heavy atom. The number of hydrogen-bond acceptors (Lipinski definition) is 3. The molecule has 0 aliphatic heterocycles. The summed E-state index contributed by atoms with van der Waals surface area (Å²) in [5, 5.41) is 0. The Kier molecular flexibility index (Phi) is 5.73. The summed E-state index contributed by atoms with van der Waals surface area (Å²) >= 11 is 3.29. The third-order valence-electron chi connectivity index (χ3n) is 2.65. The van der Waals surface area contributed by atoms with Crippen LogP contribution in [-0.4, -0.2) is 25.8 Å². The Labute approximate surface area is 123 Å². The van der Waals surface area contributed by atoms with Crippen molar-refractivity contribution in [2.24, 2.45) is 5.73 Å². The quantitative estimate of drug-likeness (QED) is 0.804. The fraction of sp³-hybridized carbons (Fsp3) is 0.385. The third kappa shape index (κ3) is 3.89. The molecule has 106 valence electrons. The molecular weight excluding hydrogens is 328 g/mol. The van der Waals surface area contributed by atoms with E-state index in [0.717, 1.165) is 11.1 Å². The molecule has 0 fully saturated rings. The van der Waals surface area contributed by atoms with Crippen molar-refractivity contribution in [3.63, 3.8) is 0 Å². The first-order chi connectivity index (χ1) is 8.82. The summed E-state index contributed by atoms with van der Waals surface area (Å²) in [4.78, 5) is 0.249. The number of rotatable bonds is 6. The van der Waals surface area contributed by atoms with Crippen LogP contribution in [0.25, 0.3) is 0 Å². The van der Waals surface area contributed by atoms with E-state index < -0.39 is 10.0 Å². The van der Waals surface area contributed by atoms with Crippen LogP contribution in [0.2, 0.25) is 0 Å². The van der Waals surface area contributed by atoms with Crippen LogP contribution >= 0.6 is 15.9 Å². The molecule has 0 aliphatic carbocycles. The van der Waals surface area contributed by atoms with Crippen LogP contribution in [0, 0.1) is 0 Å². The average Bonchev–Trinajstić information content (AvgIpc) is 2.35. The molecule has 0 aromatic heterocycles. The number of halogens is 1. The molecule has 0 saturated heterocycles. The molecule has 2 N–H and O–H groups in total. The molecule has 1 rings (SSSR count). The van der Waals surface area contributed by atoms with Gasteiger partial charge in [0, 0.05) is 24.1 Å². The highest BCUT2D eigenvalue weighted by atomic mass is 79.9. The molecule has 6 heteroatoms. The Hall–Kier alpha value is -0.690. The maximum atomic E-state index is 12.6. The molecule has 19 heavy (non-hydrogen) atoms. The highest BCUT2D eigenvalue weighted by molar-refractivity contribution is 9.10. The van der Waals surface area contributed by atoms with E-state index in [9.17, 15) is 8.42 Å². The van der Waals surface area contributed by atoms with E-state index in [1.165, 1.54) is 4.31 Å². The van der Waals surface area contributed by atoms with Gasteiger partial charge in [-0.05, 0) is 40.5 Å². The van der Waals surface area contributed by atoms with Crippen molar-refractivity contribution in [2.75, 3.05) is 13.1 Å². The molecule has 0 aliphatic rings. The molecule has 1 aromatic carbocycles. The topological polar surface area (TPSA) is 63.4 Å². The summed E-state index contributed by atoms with van der Waals surface area (Å²) in [7, 11) is -3.54.